The van der Waals surface area contributed by atoms with Crippen LogP contribution in [0.4, 0.5) is 0 Å². The molecule has 1 fully saturated rings. The van der Waals surface area contributed by atoms with Crippen molar-refractivity contribution in [3.05, 3.63) is 41.7 Å². The van der Waals surface area contributed by atoms with E-state index >= 15 is 0 Å². The van der Waals surface area contributed by atoms with Crippen LogP contribution >= 0.6 is 0 Å². The summed E-state index contributed by atoms with van der Waals surface area (Å²) in [5, 5.41) is 17.6. The highest BCUT2D eigenvalue weighted by atomic mass is 16.5. The van der Waals surface area contributed by atoms with Crippen LogP contribution in [0.1, 0.15) is 44.2 Å². The molecular weight excluding hydrogens is 292 g/mol. The van der Waals surface area contributed by atoms with Gasteiger partial charge in [0.15, 0.2) is 0 Å². The van der Waals surface area contributed by atoms with Gasteiger partial charge >= 0.3 is 0 Å². The molecule has 6 heteroatoms. The number of aromatic nitrogens is 3. The van der Waals surface area contributed by atoms with Crippen molar-refractivity contribution in [3.63, 3.8) is 0 Å². The minimum absolute atomic E-state index is 0.175. The Morgan fingerprint density at radius 1 is 1.26 bits per heavy atom. The highest BCUT2D eigenvalue weighted by molar-refractivity contribution is 5.33. The van der Waals surface area contributed by atoms with E-state index in [1.165, 1.54) is 5.56 Å². The second-order valence-electron chi connectivity index (χ2n) is 6.42. The largest absolute Gasteiger partial charge is 0.491 e. The van der Waals surface area contributed by atoms with E-state index in [0.717, 1.165) is 25.4 Å². The Hall–Kier alpha value is -1.92. The lowest BCUT2D eigenvalue weighted by Crippen LogP contribution is -2.47. The molecule has 1 aliphatic heterocycles. The minimum Gasteiger partial charge on any atom is -0.491 e. The third kappa shape index (κ3) is 3.71. The van der Waals surface area contributed by atoms with E-state index in [1.54, 1.807) is 6.92 Å². The molecule has 0 amide bonds. The SMILES string of the molecule is CC(C)Oc1ccccc1CN1CC(n2cc(C(C)O)nn2)C1. The van der Waals surface area contributed by atoms with Crippen molar-refractivity contribution in [1.82, 2.24) is 19.9 Å². The van der Waals surface area contributed by atoms with Crippen LogP contribution in [0.5, 0.6) is 5.75 Å². The van der Waals surface area contributed by atoms with Gasteiger partial charge in [0.2, 0.25) is 0 Å². The van der Waals surface area contributed by atoms with E-state index in [1.807, 2.05) is 42.9 Å². The zero-order valence-corrected chi connectivity index (χ0v) is 13.9. The molecule has 2 aromatic rings. The fourth-order valence-electron chi connectivity index (χ4n) is 2.74. The van der Waals surface area contributed by atoms with Gasteiger partial charge in [-0.3, -0.25) is 4.90 Å². The molecule has 1 aromatic heterocycles. The predicted octanol–water partition coefficient (Wildman–Crippen LogP) is 2.18. The molecule has 2 heterocycles. The number of likely N-dealkylation sites (tertiary alicyclic amines) is 1. The van der Waals surface area contributed by atoms with Crippen molar-refractivity contribution in [1.29, 1.82) is 0 Å². The van der Waals surface area contributed by atoms with Crippen molar-refractivity contribution in [2.24, 2.45) is 0 Å². The second-order valence-corrected chi connectivity index (χ2v) is 6.42. The van der Waals surface area contributed by atoms with Gasteiger partial charge in [-0.2, -0.15) is 0 Å². The lowest BCUT2D eigenvalue weighted by atomic mass is 10.1. The van der Waals surface area contributed by atoms with Crippen LogP contribution in [-0.4, -0.2) is 44.2 Å². The lowest BCUT2D eigenvalue weighted by molar-refractivity contribution is 0.0878. The molecule has 0 spiro atoms. The van der Waals surface area contributed by atoms with E-state index in [0.29, 0.717) is 11.7 Å². The van der Waals surface area contributed by atoms with Gasteiger partial charge in [0.1, 0.15) is 11.4 Å². The van der Waals surface area contributed by atoms with Gasteiger partial charge < -0.3 is 9.84 Å². The molecular formula is C17H24N4O2. The first-order valence-electron chi connectivity index (χ1n) is 8.09. The molecule has 6 nitrogen and oxygen atoms in total. The zero-order chi connectivity index (χ0) is 16.4. The Kier molecular flexibility index (Phi) is 4.63. The summed E-state index contributed by atoms with van der Waals surface area (Å²) >= 11 is 0. The molecule has 1 unspecified atom stereocenters. The summed E-state index contributed by atoms with van der Waals surface area (Å²) in [5.74, 6) is 0.961. The highest BCUT2D eigenvalue weighted by Crippen LogP contribution is 2.27. The molecule has 1 aliphatic rings. The van der Waals surface area contributed by atoms with Crippen LogP contribution in [0.2, 0.25) is 0 Å². The van der Waals surface area contributed by atoms with Crippen molar-refractivity contribution >= 4 is 0 Å². The summed E-state index contributed by atoms with van der Waals surface area (Å²) < 4.78 is 7.73. The maximum absolute atomic E-state index is 9.52. The number of aliphatic hydroxyl groups is 1. The number of benzene rings is 1. The van der Waals surface area contributed by atoms with E-state index in [2.05, 4.69) is 21.3 Å². The average molecular weight is 316 g/mol. The van der Waals surface area contributed by atoms with E-state index in [-0.39, 0.29) is 6.10 Å². The lowest BCUT2D eigenvalue weighted by Gasteiger charge is -2.39. The standard InChI is InChI=1S/C17H24N4O2/c1-12(2)23-17-7-5-4-6-14(17)8-20-9-15(10-20)21-11-16(13(3)22)18-19-21/h4-7,11-13,15,22H,8-10H2,1-3H3. The van der Waals surface area contributed by atoms with Gasteiger partial charge in [-0.1, -0.05) is 23.4 Å². The maximum atomic E-state index is 9.52. The molecule has 1 aromatic carbocycles. The molecule has 1 atom stereocenters. The van der Waals surface area contributed by atoms with Crippen molar-refractivity contribution in [2.75, 3.05) is 13.1 Å². The number of para-hydroxylation sites is 1. The molecule has 1 N–H and O–H groups in total. The third-order valence-electron chi connectivity index (χ3n) is 4.00. The molecule has 1 saturated heterocycles. The molecule has 0 saturated carbocycles. The Bertz CT molecular complexity index is 648. The summed E-state index contributed by atoms with van der Waals surface area (Å²) in [7, 11) is 0. The van der Waals surface area contributed by atoms with Crippen LogP contribution < -0.4 is 4.74 Å². The number of ether oxygens (including phenoxy) is 1. The Morgan fingerprint density at radius 2 is 2.00 bits per heavy atom. The molecule has 0 bridgehead atoms. The smallest absolute Gasteiger partial charge is 0.124 e. The van der Waals surface area contributed by atoms with Gasteiger partial charge in [-0.05, 0) is 26.8 Å². The molecule has 3 rings (SSSR count). The maximum Gasteiger partial charge on any atom is 0.124 e. The van der Waals surface area contributed by atoms with Crippen LogP contribution in [0, 0.1) is 0 Å². The van der Waals surface area contributed by atoms with E-state index in [9.17, 15) is 5.11 Å². The van der Waals surface area contributed by atoms with Crippen molar-refractivity contribution in [2.45, 2.75) is 45.6 Å². The zero-order valence-electron chi connectivity index (χ0n) is 13.9. The molecule has 0 aliphatic carbocycles. The van der Waals surface area contributed by atoms with Gasteiger partial charge in [-0.25, -0.2) is 4.68 Å². The molecule has 0 radical (unpaired) electrons. The van der Waals surface area contributed by atoms with Gasteiger partial charge in [-0.15, -0.1) is 5.10 Å². The van der Waals surface area contributed by atoms with Gasteiger partial charge in [0.05, 0.1) is 24.4 Å². The quantitative estimate of drug-likeness (QED) is 0.885. The minimum atomic E-state index is -0.569. The Labute approximate surface area is 136 Å². The fourth-order valence-corrected chi connectivity index (χ4v) is 2.74. The van der Waals surface area contributed by atoms with Crippen LogP contribution in [-0.2, 0) is 6.54 Å². The van der Waals surface area contributed by atoms with Crippen molar-refractivity contribution < 1.29 is 9.84 Å². The monoisotopic (exact) mass is 316 g/mol. The Morgan fingerprint density at radius 3 is 2.65 bits per heavy atom. The summed E-state index contributed by atoms with van der Waals surface area (Å²) in [5.41, 5.74) is 1.84. The summed E-state index contributed by atoms with van der Waals surface area (Å²) in [6.07, 6.45) is 1.44. The summed E-state index contributed by atoms with van der Waals surface area (Å²) in [4.78, 5) is 2.36. The van der Waals surface area contributed by atoms with Crippen molar-refractivity contribution in [3.8, 4) is 5.75 Å². The highest BCUT2D eigenvalue weighted by Gasteiger charge is 2.30. The van der Waals surface area contributed by atoms with Crippen LogP contribution in [0.25, 0.3) is 0 Å². The number of hydrogen-bond donors (Lipinski definition) is 1. The number of nitrogens with zero attached hydrogens (tertiary/aromatic N) is 4. The molecule has 124 valence electrons. The number of aliphatic hydroxyl groups excluding tert-OH is 1. The van der Waals surface area contributed by atoms with Crippen LogP contribution in [0.15, 0.2) is 30.5 Å². The predicted molar refractivity (Wildman–Crippen MR) is 87.2 cm³/mol. The third-order valence-corrected chi connectivity index (χ3v) is 4.00. The first-order valence-corrected chi connectivity index (χ1v) is 8.09. The van der Waals surface area contributed by atoms with Gasteiger partial charge in [0, 0.05) is 25.2 Å². The fraction of sp³-hybridized carbons (Fsp3) is 0.529. The average Bonchev–Trinajstić information content (AvgIpc) is 2.93. The Balaban J connectivity index is 1.58. The van der Waals surface area contributed by atoms with Crippen LogP contribution in [0.3, 0.4) is 0 Å². The topological polar surface area (TPSA) is 63.4 Å². The summed E-state index contributed by atoms with van der Waals surface area (Å²) in [6, 6.07) is 8.53. The van der Waals surface area contributed by atoms with E-state index in [4.69, 9.17) is 4.74 Å². The number of hydrogen-bond acceptors (Lipinski definition) is 5. The first-order chi connectivity index (χ1) is 11.0. The molecule has 23 heavy (non-hydrogen) atoms. The second kappa shape index (κ2) is 6.68. The van der Waals surface area contributed by atoms with E-state index < -0.39 is 6.10 Å². The number of rotatable bonds is 6. The summed E-state index contributed by atoms with van der Waals surface area (Å²) in [6.45, 7) is 8.52. The first kappa shape index (κ1) is 16.0. The normalized spacial score (nSPS) is 17.3. The van der Waals surface area contributed by atoms with Gasteiger partial charge in [0.25, 0.3) is 0 Å².